The van der Waals surface area contributed by atoms with Gasteiger partial charge in [-0.15, -0.1) is 0 Å². The van der Waals surface area contributed by atoms with Gasteiger partial charge in [-0.25, -0.2) is 9.18 Å². The number of hydrogen-bond acceptors (Lipinski definition) is 2. The molecule has 2 atom stereocenters. The van der Waals surface area contributed by atoms with Gasteiger partial charge in [-0.1, -0.05) is 25.1 Å². The van der Waals surface area contributed by atoms with Crippen LogP contribution in [0.1, 0.15) is 38.7 Å². The molecular formula is C17H22FNO3. The minimum Gasteiger partial charge on any atom is -0.480 e. The summed E-state index contributed by atoms with van der Waals surface area (Å²) in [5.74, 6) is -1.71. The highest BCUT2D eigenvalue weighted by atomic mass is 19.1. The maximum absolute atomic E-state index is 13.6. The van der Waals surface area contributed by atoms with Gasteiger partial charge in [0.1, 0.15) is 11.9 Å². The number of rotatable bonds is 7. The number of aliphatic carboxylic acids is 1. The van der Waals surface area contributed by atoms with Crippen molar-refractivity contribution in [3.05, 3.63) is 35.6 Å². The number of carbonyl (C=O) groups excluding carboxylic acids is 1. The van der Waals surface area contributed by atoms with E-state index < -0.39 is 12.0 Å². The van der Waals surface area contributed by atoms with Gasteiger partial charge in [0.05, 0.1) is 0 Å². The molecule has 1 aromatic carbocycles. The highest BCUT2D eigenvalue weighted by Crippen LogP contribution is 2.31. The monoisotopic (exact) mass is 307 g/mol. The maximum atomic E-state index is 13.6. The van der Waals surface area contributed by atoms with E-state index in [-0.39, 0.29) is 23.7 Å². The van der Waals surface area contributed by atoms with E-state index in [0.29, 0.717) is 18.4 Å². The summed E-state index contributed by atoms with van der Waals surface area (Å²) in [6, 6.07) is 5.77. The second-order valence-electron chi connectivity index (χ2n) is 6.02. The minimum atomic E-state index is -0.985. The van der Waals surface area contributed by atoms with Gasteiger partial charge in [0.15, 0.2) is 0 Å². The Morgan fingerprint density at radius 3 is 2.50 bits per heavy atom. The standard InChI is InChI=1S/C17H22FNO3/c1-11(7-8-13-5-3-4-6-15(13)18)16(20)19(14-9-10-14)12(2)17(21)22/h3-6,11-12,14H,7-10H2,1-2H3,(H,21,22). The third kappa shape index (κ3) is 3.84. The third-order valence-electron chi connectivity index (χ3n) is 4.20. The quantitative estimate of drug-likeness (QED) is 0.842. The minimum absolute atomic E-state index is 0.0505. The lowest BCUT2D eigenvalue weighted by molar-refractivity contribution is -0.151. The number of halogens is 1. The lowest BCUT2D eigenvalue weighted by Crippen LogP contribution is -2.47. The molecular weight excluding hydrogens is 285 g/mol. The highest BCUT2D eigenvalue weighted by Gasteiger charge is 2.39. The molecule has 5 heteroatoms. The summed E-state index contributed by atoms with van der Waals surface area (Å²) in [7, 11) is 0. The van der Waals surface area contributed by atoms with Crippen molar-refractivity contribution in [2.45, 2.75) is 51.6 Å². The van der Waals surface area contributed by atoms with E-state index in [1.54, 1.807) is 32.0 Å². The zero-order valence-corrected chi connectivity index (χ0v) is 13.0. The normalized spacial score (nSPS) is 16.9. The van der Waals surface area contributed by atoms with Crippen molar-refractivity contribution < 1.29 is 19.1 Å². The smallest absolute Gasteiger partial charge is 0.326 e. The Morgan fingerprint density at radius 2 is 1.95 bits per heavy atom. The summed E-state index contributed by atoms with van der Waals surface area (Å²) < 4.78 is 13.6. The predicted octanol–water partition coefficient (Wildman–Crippen LogP) is 2.86. The summed E-state index contributed by atoms with van der Waals surface area (Å²) in [4.78, 5) is 25.2. The number of benzene rings is 1. The fourth-order valence-electron chi connectivity index (χ4n) is 2.61. The van der Waals surface area contributed by atoms with Gasteiger partial charge in [0, 0.05) is 12.0 Å². The number of carboxylic acids is 1. The Balaban J connectivity index is 1.98. The molecule has 2 unspecified atom stereocenters. The van der Waals surface area contributed by atoms with Crippen LogP contribution in [0.25, 0.3) is 0 Å². The molecule has 0 heterocycles. The summed E-state index contributed by atoms with van der Waals surface area (Å²) in [6.45, 7) is 3.33. The molecule has 0 radical (unpaired) electrons. The first kappa shape index (κ1) is 16.5. The van der Waals surface area contributed by atoms with Crippen LogP contribution in [0, 0.1) is 11.7 Å². The second-order valence-corrected chi connectivity index (χ2v) is 6.02. The third-order valence-corrected chi connectivity index (χ3v) is 4.20. The van der Waals surface area contributed by atoms with Gasteiger partial charge < -0.3 is 10.0 Å². The number of hydrogen-bond donors (Lipinski definition) is 1. The van der Waals surface area contributed by atoms with Gasteiger partial charge in [0.2, 0.25) is 5.91 Å². The molecule has 1 N–H and O–H groups in total. The molecule has 1 aliphatic carbocycles. The van der Waals surface area contributed by atoms with Crippen LogP contribution >= 0.6 is 0 Å². The average Bonchev–Trinajstić information content (AvgIpc) is 3.30. The Hall–Kier alpha value is -1.91. The van der Waals surface area contributed by atoms with E-state index in [9.17, 15) is 14.0 Å². The average molecular weight is 307 g/mol. The Kier molecular flexibility index (Phi) is 5.16. The van der Waals surface area contributed by atoms with Crippen LogP contribution in [0.15, 0.2) is 24.3 Å². The Bertz CT molecular complexity index is 557. The first-order chi connectivity index (χ1) is 10.4. The molecule has 1 aromatic rings. The van der Waals surface area contributed by atoms with Crippen molar-refractivity contribution >= 4 is 11.9 Å². The van der Waals surface area contributed by atoms with Gasteiger partial charge in [-0.2, -0.15) is 0 Å². The fourth-order valence-corrected chi connectivity index (χ4v) is 2.61. The zero-order chi connectivity index (χ0) is 16.3. The summed E-state index contributed by atoms with van der Waals surface area (Å²) in [5, 5.41) is 9.16. The molecule has 120 valence electrons. The largest absolute Gasteiger partial charge is 0.480 e. The van der Waals surface area contributed by atoms with E-state index in [1.807, 2.05) is 0 Å². The van der Waals surface area contributed by atoms with Crippen LogP contribution in [0.5, 0.6) is 0 Å². The molecule has 1 amide bonds. The molecule has 0 aromatic heterocycles. The molecule has 0 aliphatic heterocycles. The number of carbonyl (C=O) groups is 2. The molecule has 2 rings (SSSR count). The van der Waals surface area contributed by atoms with E-state index in [4.69, 9.17) is 5.11 Å². The van der Waals surface area contributed by atoms with Crippen LogP contribution in [0.2, 0.25) is 0 Å². The first-order valence-electron chi connectivity index (χ1n) is 7.70. The first-order valence-corrected chi connectivity index (χ1v) is 7.70. The SMILES string of the molecule is CC(CCc1ccccc1F)C(=O)N(C1CC1)C(C)C(=O)O. The zero-order valence-electron chi connectivity index (χ0n) is 13.0. The van der Waals surface area contributed by atoms with Gasteiger partial charge in [-0.3, -0.25) is 4.79 Å². The summed E-state index contributed by atoms with van der Waals surface area (Å²) in [6.07, 6.45) is 2.71. The maximum Gasteiger partial charge on any atom is 0.326 e. The fraction of sp³-hybridized carbons (Fsp3) is 0.529. The molecule has 1 fully saturated rings. The van der Waals surface area contributed by atoms with E-state index >= 15 is 0 Å². The number of amides is 1. The van der Waals surface area contributed by atoms with Crippen molar-refractivity contribution in [2.75, 3.05) is 0 Å². The van der Waals surface area contributed by atoms with Crippen LogP contribution in [0.4, 0.5) is 4.39 Å². The van der Waals surface area contributed by atoms with E-state index in [0.717, 1.165) is 12.8 Å². The molecule has 0 spiro atoms. The Morgan fingerprint density at radius 1 is 1.32 bits per heavy atom. The number of nitrogens with zero attached hydrogens (tertiary/aromatic N) is 1. The Labute approximate surface area is 129 Å². The van der Waals surface area contributed by atoms with Gasteiger partial charge in [-0.05, 0) is 44.2 Å². The van der Waals surface area contributed by atoms with Crippen LogP contribution in [-0.4, -0.2) is 34.0 Å². The number of carboxylic acid groups (broad SMARTS) is 1. The van der Waals surface area contributed by atoms with Crippen LogP contribution < -0.4 is 0 Å². The summed E-state index contributed by atoms with van der Waals surface area (Å²) >= 11 is 0. The number of aryl methyl sites for hydroxylation is 1. The molecule has 0 bridgehead atoms. The second kappa shape index (κ2) is 6.90. The van der Waals surface area contributed by atoms with Crippen LogP contribution in [0.3, 0.4) is 0 Å². The summed E-state index contributed by atoms with van der Waals surface area (Å²) in [5.41, 5.74) is 0.589. The van der Waals surface area contributed by atoms with Gasteiger partial charge in [0.25, 0.3) is 0 Å². The van der Waals surface area contributed by atoms with E-state index in [1.165, 1.54) is 11.0 Å². The molecule has 1 saturated carbocycles. The van der Waals surface area contributed by atoms with Gasteiger partial charge >= 0.3 is 5.97 Å². The van der Waals surface area contributed by atoms with Crippen LogP contribution in [-0.2, 0) is 16.0 Å². The van der Waals surface area contributed by atoms with Crippen molar-refractivity contribution in [1.29, 1.82) is 0 Å². The van der Waals surface area contributed by atoms with E-state index in [2.05, 4.69) is 0 Å². The van der Waals surface area contributed by atoms with Crippen molar-refractivity contribution in [2.24, 2.45) is 5.92 Å². The molecule has 22 heavy (non-hydrogen) atoms. The lowest BCUT2D eigenvalue weighted by atomic mass is 9.98. The predicted molar refractivity (Wildman–Crippen MR) is 80.9 cm³/mol. The van der Waals surface area contributed by atoms with Crippen molar-refractivity contribution in [3.63, 3.8) is 0 Å². The molecule has 1 aliphatic rings. The highest BCUT2D eigenvalue weighted by molar-refractivity contribution is 5.85. The van der Waals surface area contributed by atoms with Crippen molar-refractivity contribution in [1.82, 2.24) is 4.90 Å². The molecule has 0 saturated heterocycles. The lowest BCUT2D eigenvalue weighted by Gasteiger charge is -2.29. The topological polar surface area (TPSA) is 57.6 Å². The molecule has 4 nitrogen and oxygen atoms in total. The van der Waals surface area contributed by atoms with Crippen molar-refractivity contribution in [3.8, 4) is 0 Å².